The molecule has 0 aliphatic rings. The van der Waals surface area contributed by atoms with Gasteiger partial charge in [-0.1, -0.05) is 13.0 Å². The van der Waals surface area contributed by atoms with E-state index in [-0.39, 0.29) is 17.7 Å². The summed E-state index contributed by atoms with van der Waals surface area (Å²) in [6.07, 6.45) is 3.37. The normalized spacial score (nSPS) is 12.0. The van der Waals surface area contributed by atoms with Gasteiger partial charge >= 0.3 is 5.97 Å². The maximum atomic E-state index is 12.2. The molecule has 0 atom stereocenters. The third kappa shape index (κ3) is 2.55. The number of rotatable bonds is 4. The minimum Gasteiger partial charge on any atom is -0.478 e. The number of aromatic nitrogens is 3. The van der Waals surface area contributed by atoms with Gasteiger partial charge in [-0.2, -0.15) is 4.37 Å². The summed E-state index contributed by atoms with van der Waals surface area (Å²) in [6.45, 7) is 3.72. The molecule has 0 radical (unpaired) electrons. The molecule has 0 aromatic carbocycles. The summed E-state index contributed by atoms with van der Waals surface area (Å²) in [5.74, 6) is -0.960. The van der Waals surface area contributed by atoms with E-state index in [1.165, 1.54) is 28.5 Å². The summed E-state index contributed by atoms with van der Waals surface area (Å²) in [5, 5.41) is 9.43. The second-order valence-corrected chi connectivity index (χ2v) is 4.79. The highest BCUT2D eigenvalue weighted by molar-refractivity contribution is 7.12. The Hall–Kier alpha value is -2.02. The molecule has 19 heavy (non-hydrogen) atoms. The predicted molar refractivity (Wildman–Crippen MR) is 72.4 cm³/mol. The number of nitrogens with zero attached hydrogens (tertiary/aromatic N) is 3. The average molecular weight is 279 g/mol. The summed E-state index contributed by atoms with van der Waals surface area (Å²) in [4.78, 5) is 27.8. The number of hydrogen-bond donors (Lipinski definition) is 1. The molecule has 0 spiro atoms. The van der Waals surface area contributed by atoms with E-state index in [0.29, 0.717) is 22.3 Å². The van der Waals surface area contributed by atoms with E-state index < -0.39 is 5.97 Å². The van der Waals surface area contributed by atoms with Crippen LogP contribution in [0.4, 0.5) is 0 Å². The van der Waals surface area contributed by atoms with Crippen molar-refractivity contribution in [3.8, 4) is 0 Å². The zero-order valence-corrected chi connectivity index (χ0v) is 11.4. The Morgan fingerprint density at radius 1 is 1.58 bits per heavy atom. The van der Waals surface area contributed by atoms with Gasteiger partial charge in [0.05, 0.1) is 17.4 Å². The molecule has 0 fully saturated rings. The van der Waals surface area contributed by atoms with E-state index in [1.807, 2.05) is 0 Å². The number of carboxylic acid groups (broad SMARTS) is 1. The lowest BCUT2D eigenvalue weighted by atomic mass is 10.2. The predicted octanol–water partition coefficient (Wildman–Crippen LogP) is 1.58. The summed E-state index contributed by atoms with van der Waals surface area (Å²) in [5.41, 5.74) is 0.755. The first kappa shape index (κ1) is 13.4. The molecule has 0 aliphatic heterocycles. The fraction of sp³-hybridized carbons (Fsp3) is 0.333. The van der Waals surface area contributed by atoms with E-state index in [1.54, 1.807) is 13.8 Å². The van der Waals surface area contributed by atoms with Gasteiger partial charge in [0.2, 0.25) is 0 Å². The van der Waals surface area contributed by atoms with Gasteiger partial charge in [-0.05, 0) is 24.9 Å². The van der Waals surface area contributed by atoms with Gasteiger partial charge in [-0.25, -0.2) is 9.78 Å². The molecule has 0 saturated carbocycles. The summed E-state index contributed by atoms with van der Waals surface area (Å²) >= 11 is 1.19. The van der Waals surface area contributed by atoms with Gasteiger partial charge < -0.3 is 5.11 Å². The molecular formula is C12H13N3O3S. The van der Waals surface area contributed by atoms with Crippen molar-refractivity contribution in [2.24, 2.45) is 0 Å². The lowest BCUT2D eigenvalue weighted by molar-refractivity contribution is -0.132. The third-order valence-electron chi connectivity index (χ3n) is 2.82. The third-order valence-corrected chi connectivity index (χ3v) is 3.67. The van der Waals surface area contributed by atoms with Crippen molar-refractivity contribution in [3.63, 3.8) is 0 Å². The molecule has 2 aromatic rings. The first-order valence-electron chi connectivity index (χ1n) is 5.78. The number of hydrogen-bond acceptors (Lipinski definition) is 5. The van der Waals surface area contributed by atoms with Crippen LogP contribution in [-0.4, -0.2) is 25.0 Å². The maximum absolute atomic E-state index is 12.2. The molecule has 2 rings (SSSR count). The molecule has 7 heteroatoms. The van der Waals surface area contributed by atoms with Crippen molar-refractivity contribution in [1.29, 1.82) is 0 Å². The van der Waals surface area contributed by atoms with E-state index in [9.17, 15) is 9.59 Å². The molecule has 0 amide bonds. The van der Waals surface area contributed by atoms with Crippen LogP contribution in [0, 0.1) is 6.92 Å². The molecule has 0 bridgehead atoms. The van der Waals surface area contributed by atoms with Crippen LogP contribution in [0.15, 0.2) is 22.8 Å². The zero-order valence-electron chi connectivity index (χ0n) is 10.6. The van der Waals surface area contributed by atoms with Crippen LogP contribution >= 0.6 is 11.5 Å². The minimum atomic E-state index is -0.960. The van der Waals surface area contributed by atoms with Gasteiger partial charge in [0.25, 0.3) is 5.56 Å². The van der Waals surface area contributed by atoms with Gasteiger partial charge in [-0.15, -0.1) is 0 Å². The SMILES string of the molecule is CCC(=CCn1cnc2snc(C)c2c1=O)C(=O)O. The number of aryl methyl sites for hydroxylation is 1. The van der Waals surface area contributed by atoms with Crippen molar-refractivity contribution >= 4 is 27.7 Å². The van der Waals surface area contributed by atoms with Crippen LogP contribution < -0.4 is 5.56 Å². The molecule has 6 nitrogen and oxygen atoms in total. The molecule has 100 valence electrons. The van der Waals surface area contributed by atoms with E-state index in [4.69, 9.17) is 5.11 Å². The molecule has 0 saturated heterocycles. The first-order chi connectivity index (χ1) is 9.04. The van der Waals surface area contributed by atoms with Crippen molar-refractivity contribution in [2.45, 2.75) is 26.8 Å². The lowest BCUT2D eigenvalue weighted by Crippen LogP contribution is -2.20. The average Bonchev–Trinajstić information content (AvgIpc) is 2.74. The summed E-state index contributed by atoms with van der Waals surface area (Å²) < 4.78 is 5.48. The minimum absolute atomic E-state index is 0.187. The zero-order chi connectivity index (χ0) is 14.0. The van der Waals surface area contributed by atoms with Crippen LogP contribution in [-0.2, 0) is 11.3 Å². The van der Waals surface area contributed by atoms with Crippen molar-refractivity contribution in [2.75, 3.05) is 0 Å². The fourth-order valence-electron chi connectivity index (χ4n) is 1.73. The molecule has 2 aromatic heterocycles. The largest absolute Gasteiger partial charge is 0.478 e. The van der Waals surface area contributed by atoms with Crippen LogP contribution in [0.2, 0.25) is 0 Å². The standard InChI is InChI=1S/C12H13N3O3S/c1-3-8(12(17)18)4-5-15-6-13-10-9(11(15)16)7(2)14-19-10/h4,6H,3,5H2,1-2H3,(H,17,18). The lowest BCUT2D eigenvalue weighted by Gasteiger charge is -2.03. The van der Waals surface area contributed by atoms with Crippen LogP contribution in [0.25, 0.3) is 10.2 Å². The Balaban J connectivity index is 2.42. The Morgan fingerprint density at radius 3 is 2.95 bits per heavy atom. The van der Waals surface area contributed by atoms with E-state index in [2.05, 4.69) is 9.36 Å². The van der Waals surface area contributed by atoms with Crippen molar-refractivity contribution in [1.82, 2.24) is 13.9 Å². The summed E-state index contributed by atoms with van der Waals surface area (Å²) in [7, 11) is 0. The Labute approximate surface area is 113 Å². The van der Waals surface area contributed by atoms with Crippen molar-refractivity contribution < 1.29 is 9.90 Å². The maximum Gasteiger partial charge on any atom is 0.331 e. The highest BCUT2D eigenvalue weighted by atomic mass is 32.1. The van der Waals surface area contributed by atoms with Crippen LogP contribution in [0.3, 0.4) is 0 Å². The van der Waals surface area contributed by atoms with Crippen LogP contribution in [0.1, 0.15) is 19.0 Å². The van der Waals surface area contributed by atoms with Gasteiger partial charge in [-0.3, -0.25) is 9.36 Å². The molecule has 0 unspecified atom stereocenters. The van der Waals surface area contributed by atoms with Gasteiger partial charge in [0.1, 0.15) is 0 Å². The number of allylic oxidation sites excluding steroid dienone is 1. The topological polar surface area (TPSA) is 85.1 Å². The Morgan fingerprint density at radius 2 is 2.32 bits per heavy atom. The number of fused-ring (bicyclic) bond motifs is 1. The van der Waals surface area contributed by atoms with Gasteiger partial charge in [0.15, 0.2) is 4.83 Å². The molecule has 1 N–H and O–H groups in total. The number of carboxylic acids is 1. The Kier molecular flexibility index (Phi) is 3.75. The van der Waals surface area contributed by atoms with Crippen LogP contribution in [0.5, 0.6) is 0 Å². The van der Waals surface area contributed by atoms with E-state index >= 15 is 0 Å². The highest BCUT2D eigenvalue weighted by Crippen LogP contribution is 2.15. The van der Waals surface area contributed by atoms with E-state index in [0.717, 1.165) is 0 Å². The summed E-state index contributed by atoms with van der Waals surface area (Å²) in [6, 6.07) is 0. The number of carbonyl (C=O) groups is 1. The van der Waals surface area contributed by atoms with Crippen molar-refractivity contribution in [3.05, 3.63) is 34.0 Å². The molecule has 0 aliphatic carbocycles. The smallest absolute Gasteiger partial charge is 0.331 e. The second-order valence-electron chi connectivity index (χ2n) is 4.04. The second kappa shape index (κ2) is 5.31. The van der Waals surface area contributed by atoms with Gasteiger partial charge in [0, 0.05) is 12.1 Å². The number of aliphatic carboxylic acids is 1. The highest BCUT2D eigenvalue weighted by Gasteiger charge is 2.10. The quantitative estimate of drug-likeness (QED) is 0.859. The molecule has 2 heterocycles. The monoisotopic (exact) mass is 279 g/mol. The Bertz CT molecular complexity index is 715. The molecular weight excluding hydrogens is 266 g/mol. The first-order valence-corrected chi connectivity index (χ1v) is 6.55. The fourth-order valence-corrected chi connectivity index (χ4v) is 2.47.